The summed E-state index contributed by atoms with van der Waals surface area (Å²) in [7, 11) is 2.06. The fourth-order valence-corrected chi connectivity index (χ4v) is 2.22. The van der Waals surface area contributed by atoms with E-state index >= 15 is 0 Å². The van der Waals surface area contributed by atoms with Gasteiger partial charge in [-0.1, -0.05) is 6.07 Å². The van der Waals surface area contributed by atoms with Gasteiger partial charge in [0.25, 0.3) is 5.91 Å². The number of nitrogens with zero attached hydrogens (tertiary/aromatic N) is 2. The van der Waals surface area contributed by atoms with Crippen LogP contribution >= 0.6 is 0 Å². The molecular formula is C14H21N3O2. The summed E-state index contributed by atoms with van der Waals surface area (Å²) < 4.78 is 5.51. The van der Waals surface area contributed by atoms with Crippen molar-refractivity contribution in [2.24, 2.45) is 0 Å². The summed E-state index contributed by atoms with van der Waals surface area (Å²) in [5, 5.41) is 0. The molecule has 5 heteroatoms. The predicted octanol–water partition coefficient (Wildman–Crippen LogP) is 1.06. The fourth-order valence-electron chi connectivity index (χ4n) is 2.22. The minimum Gasteiger partial charge on any atom is -0.493 e. The zero-order valence-corrected chi connectivity index (χ0v) is 11.6. The lowest BCUT2D eigenvalue weighted by Crippen LogP contribution is -2.47. The smallest absolute Gasteiger partial charge is 0.259 e. The summed E-state index contributed by atoms with van der Waals surface area (Å²) in [5.41, 5.74) is 6.92. The van der Waals surface area contributed by atoms with Gasteiger partial charge in [0.15, 0.2) is 0 Å². The topological polar surface area (TPSA) is 58.8 Å². The molecule has 104 valence electrons. The molecule has 19 heavy (non-hydrogen) atoms. The summed E-state index contributed by atoms with van der Waals surface area (Å²) >= 11 is 0. The van der Waals surface area contributed by atoms with Crippen LogP contribution in [0.4, 0.5) is 5.69 Å². The second-order valence-electron chi connectivity index (χ2n) is 4.75. The van der Waals surface area contributed by atoms with Gasteiger partial charge in [0.1, 0.15) is 11.3 Å². The number of amides is 1. The van der Waals surface area contributed by atoms with Crippen LogP contribution in [0.1, 0.15) is 17.3 Å². The molecule has 1 heterocycles. The average Bonchev–Trinajstić information content (AvgIpc) is 2.39. The number of hydrogen-bond donors (Lipinski definition) is 1. The van der Waals surface area contributed by atoms with Crippen LogP contribution in [0.25, 0.3) is 0 Å². The predicted molar refractivity (Wildman–Crippen MR) is 75.4 cm³/mol. The van der Waals surface area contributed by atoms with Crippen molar-refractivity contribution in [1.29, 1.82) is 0 Å². The van der Waals surface area contributed by atoms with E-state index in [1.54, 1.807) is 18.2 Å². The van der Waals surface area contributed by atoms with Crippen molar-refractivity contribution in [1.82, 2.24) is 9.80 Å². The second kappa shape index (κ2) is 5.93. The lowest BCUT2D eigenvalue weighted by Gasteiger charge is -2.33. The summed E-state index contributed by atoms with van der Waals surface area (Å²) in [5.74, 6) is 0.543. The standard InChI is InChI=1S/C14H21N3O2/c1-3-19-12-6-4-5-11(15)13(12)14(18)17-9-7-16(2)8-10-17/h4-6H,3,7-10,15H2,1-2H3. The third-order valence-electron chi connectivity index (χ3n) is 3.36. The third-order valence-corrected chi connectivity index (χ3v) is 3.36. The Hall–Kier alpha value is -1.75. The molecule has 2 N–H and O–H groups in total. The number of anilines is 1. The largest absolute Gasteiger partial charge is 0.493 e. The van der Waals surface area contributed by atoms with Gasteiger partial charge in [-0.3, -0.25) is 4.79 Å². The Morgan fingerprint density at radius 1 is 1.32 bits per heavy atom. The Balaban J connectivity index is 2.23. The van der Waals surface area contributed by atoms with Crippen LogP contribution in [-0.2, 0) is 0 Å². The number of nitrogens with two attached hydrogens (primary N) is 1. The molecule has 1 aromatic rings. The van der Waals surface area contributed by atoms with Crippen molar-refractivity contribution in [2.45, 2.75) is 6.92 Å². The van der Waals surface area contributed by atoms with Gasteiger partial charge in [-0.25, -0.2) is 0 Å². The molecule has 0 atom stereocenters. The van der Waals surface area contributed by atoms with E-state index in [-0.39, 0.29) is 5.91 Å². The molecule has 0 bridgehead atoms. The van der Waals surface area contributed by atoms with Gasteiger partial charge >= 0.3 is 0 Å². The highest BCUT2D eigenvalue weighted by molar-refractivity contribution is 6.01. The Kier molecular flexibility index (Phi) is 4.27. The van der Waals surface area contributed by atoms with Crippen LogP contribution in [0.2, 0.25) is 0 Å². The number of rotatable bonds is 3. The lowest BCUT2D eigenvalue weighted by molar-refractivity contribution is 0.0661. The van der Waals surface area contributed by atoms with Crippen LogP contribution in [-0.4, -0.2) is 55.5 Å². The molecule has 1 amide bonds. The third kappa shape index (κ3) is 2.98. The first-order valence-electron chi connectivity index (χ1n) is 6.62. The van der Waals surface area contributed by atoms with E-state index in [0.29, 0.717) is 23.6 Å². The number of nitrogen functional groups attached to an aromatic ring is 1. The van der Waals surface area contributed by atoms with E-state index in [9.17, 15) is 4.79 Å². The molecule has 0 aliphatic carbocycles. The number of benzene rings is 1. The highest BCUT2D eigenvalue weighted by Crippen LogP contribution is 2.26. The number of ether oxygens (including phenoxy) is 1. The maximum Gasteiger partial charge on any atom is 0.259 e. The van der Waals surface area contributed by atoms with Crippen LogP contribution in [0.3, 0.4) is 0 Å². The minimum atomic E-state index is -0.0327. The second-order valence-corrected chi connectivity index (χ2v) is 4.75. The molecule has 0 radical (unpaired) electrons. The van der Waals surface area contributed by atoms with Crippen molar-refractivity contribution in [3.8, 4) is 5.75 Å². The van der Waals surface area contributed by atoms with E-state index in [0.717, 1.165) is 26.2 Å². The molecule has 0 saturated carbocycles. The summed E-state index contributed by atoms with van der Waals surface area (Å²) in [6, 6.07) is 5.34. The SMILES string of the molecule is CCOc1cccc(N)c1C(=O)N1CCN(C)CC1. The molecule has 1 aliphatic rings. The van der Waals surface area contributed by atoms with E-state index in [4.69, 9.17) is 10.5 Å². The Morgan fingerprint density at radius 2 is 2.00 bits per heavy atom. The number of carbonyl (C=O) groups excluding carboxylic acids is 1. The molecule has 0 unspecified atom stereocenters. The van der Waals surface area contributed by atoms with Crippen molar-refractivity contribution in [2.75, 3.05) is 45.6 Å². The molecule has 1 aliphatic heterocycles. The maximum absolute atomic E-state index is 12.6. The van der Waals surface area contributed by atoms with Crippen LogP contribution < -0.4 is 10.5 Å². The van der Waals surface area contributed by atoms with Gasteiger partial charge in [0, 0.05) is 31.9 Å². The van der Waals surface area contributed by atoms with Crippen molar-refractivity contribution >= 4 is 11.6 Å². The van der Waals surface area contributed by atoms with Gasteiger partial charge in [-0.2, -0.15) is 0 Å². The highest BCUT2D eigenvalue weighted by atomic mass is 16.5. The summed E-state index contributed by atoms with van der Waals surface area (Å²) in [6.07, 6.45) is 0. The molecule has 5 nitrogen and oxygen atoms in total. The van der Waals surface area contributed by atoms with Gasteiger partial charge in [-0.05, 0) is 26.1 Å². The molecular weight excluding hydrogens is 242 g/mol. The number of likely N-dealkylation sites (N-methyl/N-ethyl adjacent to an activating group) is 1. The molecule has 1 saturated heterocycles. The van der Waals surface area contributed by atoms with E-state index in [1.807, 2.05) is 11.8 Å². The number of carbonyl (C=O) groups is 1. The normalized spacial score (nSPS) is 16.4. The van der Waals surface area contributed by atoms with E-state index in [1.165, 1.54) is 0 Å². The fraction of sp³-hybridized carbons (Fsp3) is 0.500. The van der Waals surface area contributed by atoms with E-state index in [2.05, 4.69) is 11.9 Å². The van der Waals surface area contributed by atoms with Crippen LogP contribution in [0.5, 0.6) is 5.75 Å². The maximum atomic E-state index is 12.6. The molecule has 1 fully saturated rings. The minimum absolute atomic E-state index is 0.0327. The average molecular weight is 263 g/mol. The number of hydrogen-bond acceptors (Lipinski definition) is 4. The van der Waals surface area contributed by atoms with E-state index < -0.39 is 0 Å². The molecule has 1 aromatic carbocycles. The van der Waals surface area contributed by atoms with Crippen LogP contribution in [0.15, 0.2) is 18.2 Å². The summed E-state index contributed by atoms with van der Waals surface area (Å²) in [6.45, 7) is 5.66. The van der Waals surface area contributed by atoms with Crippen molar-refractivity contribution in [3.05, 3.63) is 23.8 Å². The first-order valence-corrected chi connectivity index (χ1v) is 6.62. The van der Waals surface area contributed by atoms with Gasteiger partial charge in [0.05, 0.1) is 6.61 Å². The molecule has 2 rings (SSSR count). The first-order chi connectivity index (χ1) is 9.13. The highest BCUT2D eigenvalue weighted by Gasteiger charge is 2.24. The zero-order valence-electron chi connectivity index (χ0n) is 11.6. The Bertz CT molecular complexity index is 454. The van der Waals surface area contributed by atoms with Crippen LogP contribution in [0, 0.1) is 0 Å². The van der Waals surface area contributed by atoms with Crippen molar-refractivity contribution < 1.29 is 9.53 Å². The Morgan fingerprint density at radius 3 is 2.63 bits per heavy atom. The number of piperazine rings is 1. The monoisotopic (exact) mass is 263 g/mol. The van der Waals surface area contributed by atoms with Crippen molar-refractivity contribution in [3.63, 3.8) is 0 Å². The van der Waals surface area contributed by atoms with Gasteiger partial charge < -0.3 is 20.3 Å². The Labute approximate surface area is 113 Å². The first kappa shape index (κ1) is 13.7. The quantitative estimate of drug-likeness (QED) is 0.828. The molecule has 0 spiro atoms. The lowest BCUT2D eigenvalue weighted by atomic mass is 10.1. The van der Waals surface area contributed by atoms with Gasteiger partial charge in [-0.15, -0.1) is 0 Å². The zero-order chi connectivity index (χ0) is 13.8. The molecule has 0 aromatic heterocycles. The van der Waals surface area contributed by atoms with Gasteiger partial charge in [0.2, 0.25) is 0 Å². The summed E-state index contributed by atoms with van der Waals surface area (Å²) in [4.78, 5) is 16.6.